The van der Waals surface area contributed by atoms with E-state index in [0.29, 0.717) is 37.9 Å². The third-order valence-electron chi connectivity index (χ3n) is 3.43. The third-order valence-corrected chi connectivity index (χ3v) is 3.43. The summed E-state index contributed by atoms with van der Waals surface area (Å²) in [4.78, 5) is 10.6. The molecule has 27 heavy (non-hydrogen) atoms. The molecule has 6 nitrogen and oxygen atoms in total. The summed E-state index contributed by atoms with van der Waals surface area (Å²) in [5.74, 6) is 1.69. The van der Waals surface area contributed by atoms with Gasteiger partial charge in [0.05, 0.1) is 13.2 Å². The maximum atomic E-state index is 10.6. The quantitative estimate of drug-likeness (QED) is 0.474. The number of rotatable bonds is 11. The first-order chi connectivity index (χ1) is 13.1. The fourth-order valence-electron chi connectivity index (χ4n) is 2.29. The number of benzene rings is 2. The molecule has 0 aliphatic carbocycles. The van der Waals surface area contributed by atoms with Crippen LogP contribution in [0.2, 0.25) is 0 Å². The predicted octanol–water partition coefficient (Wildman–Crippen LogP) is 4.04. The lowest BCUT2D eigenvalue weighted by molar-refractivity contribution is -0.131. The van der Waals surface area contributed by atoms with E-state index in [1.807, 2.05) is 38.1 Å². The Hall–Kier alpha value is -3.15. The molecule has 144 valence electrons. The van der Waals surface area contributed by atoms with Crippen molar-refractivity contribution in [3.8, 4) is 23.0 Å². The minimum atomic E-state index is -1.00. The van der Waals surface area contributed by atoms with Gasteiger partial charge in [0.15, 0.2) is 11.5 Å². The van der Waals surface area contributed by atoms with Gasteiger partial charge in [-0.2, -0.15) is 0 Å². The minimum Gasteiger partial charge on any atom is -0.494 e. The average Bonchev–Trinajstić information content (AvgIpc) is 2.66. The Kier molecular flexibility index (Phi) is 8.03. The van der Waals surface area contributed by atoms with E-state index in [1.165, 1.54) is 6.08 Å². The fourth-order valence-corrected chi connectivity index (χ4v) is 2.29. The standard InChI is InChI=1S/C21H24O6/c1-3-24-17-7-9-18(10-8-17)26-13-14-27-19-11-5-16(6-12-21(22)23)15-20(19)25-4-2/h5-12,15H,3-4,13-14H2,1-2H3,(H,22,23)/b12-6+. The van der Waals surface area contributed by atoms with Gasteiger partial charge in [-0.25, -0.2) is 4.79 Å². The smallest absolute Gasteiger partial charge is 0.328 e. The van der Waals surface area contributed by atoms with Crippen LogP contribution in [-0.2, 0) is 4.79 Å². The first-order valence-corrected chi connectivity index (χ1v) is 8.78. The zero-order valence-corrected chi connectivity index (χ0v) is 15.5. The Morgan fingerprint density at radius 2 is 1.48 bits per heavy atom. The maximum absolute atomic E-state index is 10.6. The zero-order valence-electron chi connectivity index (χ0n) is 15.5. The topological polar surface area (TPSA) is 74.2 Å². The molecular formula is C21H24O6. The van der Waals surface area contributed by atoms with Gasteiger partial charge < -0.3 is 24.1 Å². The van der Waals surface area contributed by atoms with Crippen molar-refractivity contribution in [2.24, 2.45) is 0 Å². The summed E-state index contributed by atoms with van der Waals surface area (Å²) in [6.07, 6.45) is 2.58. The van der Waals surface area contributed by atoms with Gasteiger partial charge in [-0.3, -0.25) is 0 Å². The van der Waals surface area contributed by atoms with Crippen LogP contribution in [0.4, 0.5) is 0 Å². The number of ether oxygens (including phenoxy) is 4. The first-order valence-electron chi connectivity index (χ1n) is 8.78. The van der Waals surface area contributed by atoms with Gasteiger partial charge in [0, 0.05) is 6.08 Å². The van der Waals surface area contributed by atoms with Gasteiger partial charge in [0.2, 0.25) is 0 Å². The molecule has 0 aliphatic rings. The highest BCUT2D eigenvalue weighted by atomic mass is 16.5. The predicted molar refractivity (Wildman–Crippen MR) is 103 cm³/mol. The monoisotopic (exact) mass is 372 g/mol. The molecule has 1 N–H and O–H groups in total. The molecule has 0 fully saturated rings. The Balaban J connectivity index is 1.89. The highest BCUT2D eigenvalue weighted by Crippen LogP contribution is 2.29. The molecule has 0 bridgehead atoms. The van der Waals surface area contributed by atoms with Gasteiger partial charge in [0.1, 0.15) is 24.7 Å². The highest BCUT2D eigenvalue weighted by molar-refractivity contribution is 5.85. The normalized spacial score (nSPS) is 10.6. The van der Waals surface area contributed by atoms with Crippen LogP contribution >= 0.6 is 0 Å². The van der Waals surface area contributed by atoms with Crippen molar-refractivity contribution in [1.82, 2.24) is 0 Å². The van der Waals surface area contributed by atoms with Crippen LogP contribution in [0.25, 0.3) is 6.08 Å². The summed E-state index contributed by atoms with van der Waals surface area (Å²) in [5.41, 5.74) is 0.721. The van der Waals surface area contributed by atoms with Crippen molar-refractivity contribution < 1.29 is 28.8 Å². The second kappa shape index (κ2) is 10.8. The Morgan fingerprint density at radius 3 is 2.11 bits per heavy atom. The summed E-state index contributed by atoms with van der Waals surface area (Å²) in [6.45, 7) is 5.63. The van der Waals surface area contributed by atoms with Crippen molar-refractivity contribution in [3.63, 3.8) is 0 Å². The van der Waals surface area contributed by atoms with E-state index in [2.05, 4.69) is 0 Å². The van der Waals surface area contributed by atoms with Crippen molar-refractivity contribution in [2.75, 3.05) is 26.4 Å². The largest absolute Gasteiger partial charge is 0.494 e. The summed E-state index contributed by atoms with van der Waals surface area (Å²) in [6, 6.07) is 12.7. The van der Waals surface area contributed by atoms with E-state index < -0.39 is 5.97 Å². The molecule has 0 saturated carbocycles. The van der Waals surface area contributed by atoms with Crippen molar-refractivity contribution in [3.05, 3.63) is 54.1 Å². The van der Waals surface area contributed by atoms with Crippen LogP contribution in [0.15, 0.2) is 48.5 Å². The van der Waals surface area contributed by atoms with E-state index in [9.17, 15) is 4.79 Å². The average molecular weight is 372 g/mol. The number of hydrogen-bond acceptors (Lipinski definition) is 5. The number of carboxylic acid groups (broad SMARTS) is 1. The second-order valence-electron chi connectivity index (χ2n) is 5.41. The molecular weight excluding hydrogens is 348 g/mol. The van der Waals surface area contributed by atoms with E-state index in [1.54, 1.807) is 18.2 Å². The van der Waals surface area contributed by atoms with E-state index >= 15 is 0 Å². The number of carbonyl (C=O) groups is 1. The Morgan fingerprint density at radius 1 is 0.852 bits per heavy atom. The van der Waals surface area contributed by atoms with Gasteiger partial charge in [-0.15, -0.1) is 0 Å². The number of aliphatic carboxylic acids is 1. The molecule has 2 aromatic carbocycles. The molecule has 0 saturated heterocycles. The van der Waals surface area contributed by atoms with Gasteiger partial charge in [-0.05, 0) is 61.9 Å². The Labute approximate surface area is 158 Å². The zero-order chi connectivity index (χ0) is 19.5. The third kappa shape index (κ3) is 6.93. The lowest BCUT2D eigenvalue weighted by Crippen LogP contribution is -2.10. The van der Waals surface area contributed by atoms with Crippen LogP contribution in [0.3, 0.4) is 0 Å². The molecule has 0 radical (unpaired) electrons. The molecule has 0 heterocycles. The van der Waals surface area contributed by atoms with Crippen molar-refractivity contribution in [2.45, 2.75) is 13.8 Å². The summed E-state index contributed by atoms with van der Waals surface area (Å²) < 4.78 is 22.4. The Bertz CT molecular complexity index is 752. The highest BCUT2D eigenvalue weighted by Gasteiger charge is 2.06. The molecule has 0 atom stereocenters. The van der Waals surface area contributed by atoms with E-state index in [0.717, 1.165) is 23.1 Å². The van der Waals surface area contributed by atoms with Gasteiger partial charge in [0.25, 0.3) is 0 Å². The van der Waals surface area contributed by atoms with Crippen LogP contribution < -0.4 is 18.9 Å². The summed E-state index contributed by atoms with van der Waals surface area (Å²) in [7, 11) is 0. The SMILES string of the molecule is CCOc1ccc(OCCOc2ccc(/C=C/C(=O)O)cc2OCC)cc1. The lowest BCUT2D eigenvalue weighted by atomic mass is 10.2. The molecule has 0 spiro atoms. The second-order valence-corrected chi connectivity index (χ2v) is 5.41. The molecule has 0 aromatic heterocycles. The van der Waals surface area contributed by atoms with E-state index in [4.69, 9.17) is 24.1 Å². The summed E-state index contributed by atoms with van der Waals surface area (Å²) >= 11 is 0. The van der Waals surface area contributed by atoms with Gasteiger partial charge in [-0.1, -0.05) is 6.07 Å². The molecule has 2 rings (SSSR count). The first kappa shape index (κ1) is 20.2. The fraction of sp³-hybridized carbons (Fsp3) is 0.286. The summed E-state index contributed by atoms with van der Waals surface area (Å²) in [5, 5.41) is 8.72. The molecule has 0 aliphatic heterocycles. The lowest BCUT2D eigenvalue weighted by Gasteiger charge is -2.13. The number of hydrogen-bond donors (Lipinski definition) is 1. The van der Waals surface area contributed by atoms with Crippen molar-refractivity contribution in [1.29, 1.82) is 0 Å². The van der Waals surface area contributed by atoms with Crippen LogP contribution in [0.1, 0.15) is 19.4 Å². The molecule has 0 unspecified atom stereocenters. The molecule has 2 aromatic rings. The van der Waals surface area contributed by atoms with Crippen LogP contribution in [-0.4, -0.2) is 37.5 Å². The van der Waals surface area contributed by atoms with Gasteiger partial charge >= 0.3 is 5.97 Å². The minimum absolute atomic E-state index is 0.345. The molecule has 0 amide bonds. The van der Waals surface area contributed by atoms with Crippen LogP contribution in [0, 0.1) is 0 Å². The van der Waals surface area contributed by atoms with Crippen LogP contribution in [0.5, 0.6) is 23.0 Å². The van der Waals surface area contributed by atoms with Crippen molar-refractivity contribution >= 4 is 12.0 Å². The van der Waals surface area contributed by atoms with E-state index in [-0.39, 0.29) is 0 Å². The number of carboxylic acids is 1. The molecule has 6 heteroatoms. The maximum Gasteiger partial charge on any atom is 0.328 e.